The van der Waals surface area contributed by atoms with Crippen molar-refractivity contribution in [2.45, 2.75) is 32.9 Å². The van der Waals surface area contributed by atoms with Gasteiger partial charge in [-0.2, -0.15) is 0 Å². The summed E-state index contributed by atoms with van der Waals surface area (Å²) in [6, 6.07) is 21.7. The molecular weight excluding hydrogens is 548 g/mol. The molecule has 0 saturated heterocycles. The second kappa shape index (κ2) is 12.9. The third kappa shape index (κ3) is 7.79. The van der Waals surface area contributed by atoms with Gasteiger partial charge in [0, 0.05) is 34.0 Å². The van der Waals surface area contributed by atoms with Gasteiger partial charge in [0.25, 0.3) is 11.8 Å². The van der Waals surface area contributed by atoms with Crippen LogP contribution < -0.4 is 21.1 Å². The number of carbonyl (C=O) groups is 3. The molecule has 2 aromatic heterocycles. The second-order valence-corrected chi connectivity index (χ2v) is 10.6. The number of nitrogen functional groups attached to an aromatic ring is 1. The van der Waals surface area contributed by atoms with Gasteiger partial charge in [-0.3, -0.25) is 15.0 Å². The highest BCUT2D eigenvalue weighted by molar-refractivity contribution is 6.09. The molecule has 2 amide bonds. The third-order valence-electron chi connectivity index (χ3n) is 6.06. The number of nitrogens with two attached hydrogens (primary N) is 1. The fourth-order valence-electron chi connectivity index (χ4n) is 4.02. The maximum atomic E-state index is 13.5. The number of ether oxygens (including phenoxy) is 2. The summed E-state index contributed by atoms with van der Waals surface area (Å²) in [6.45, 7) is 5.46. The molecule has 2 heterocycles. The maximum absolute atomic E-state index is 13.5. The van der Waals surface area contributed by atoms with Crippen molar-refractivity contribution in [2.24, 2.45) is 5.73 Å². The van der Waals surface area contributed by atoms with Crippen LogP contribution in [0.15, 0.2) is 78.9 Å². The van der Waals surface area contributed by atoms with Crippen LogP contribution in [-0.4, -0.2) is 46.2 Å². The first-order valence-electron chi connectivity index (χ1n) is 13.3. The van der Waals surface area contributed by atoms with E-state index in [-0.39, 0.29) is 46.5 Å². The van der Waals surface area contributed by atoms with Crippen molar-refractivity contribution in [3.63, 3.8) is 0 Å². The molecule has 5 N–H and O–H groups in total. The number of amidine groups is 1. The van der Waals surface area contributed by atoms with Gasteiger partial charge in [0.2, 0.25) is 5.88 Å². The Labute approximate surface area is 249 Å². The van der Waals surface area contributed by atoms with Crippen LogP contribution in [0.2, 0.25) is 0 Å². The van der Waals surface area contributed by atoms with Gasteiger partial charge >= 0.3 is 5.97 Å². The quantitative estimate of drug-likeness (QED) is 0.127. The van der Waals surface area contributed by atoms with Gasteiger partial charge in [-0.1, -0.05) is 30.3 Å². The molecule has 0 atom stereocenters. The lowest BCUT2D eigenvalue weighted by atomic mass is 10.0. The summed E-state index contributed by atoms with van der Waals surface area (Å²) < 4.78 is 10.8. The first kappa shape index (κ1) is 30.4. The SMILES string of the molecule is COc1ccc(-c2ccc(C(=O)NC(C)(C)C)nc2C(=O)OCc2ccccc2)c(C(=O)Nc2ccc(C(=N)N)cc2)n1. The number of rotatable bonds is 9. The Morgan fingerprint density at radius 3 is 2.12 bits per heavy atom. The molecule has 0 aliphatic rings. The van der Waals surface area contributed by atoms with Crippen molar-refractivity contribution in [3.8, 4) is 17.0 Å². The van der Waals surface area contributed by atoms with Crippen LogP contribution in [0, 0.1) is 5.41 Å². The Bertz CT molecular complexity index is 1660. The molecule has 0 fully saturated rings. The first-order valence-corrected chi connectivity index (χ1v) is 13.3. The number of methoxy groups -OCH3 is 1. The molecule has 0 spiro atoms. The van der Waals surface area contributed by atoms with Gasteiger partial charge in [0.05, 0.1) is 7.11 Å². The lowest BCUT2D eigenvalue weighted by molar-refractivity contribution is 0.0466. The summed E-state index contributed by atoms with van der Waals surface area (Å²) in [5.74, 6) is -1.79. The van der Waals surface area contributed by atoms with E-state index in [4.69, 9.17) is 20.6 Å². The Morgan fingerprint density at radius 1 is 0.837 bits per heavy atom. The summed E-state index contributed by atoms with van der Waals surface area (Å²) in [5, 5.41) is 13.2. The van der Waals surface area contributed by atoms with E-state index in [0.717, 1.165) is 5.56 Å². The fraction of sp³-hybridized carbons (Fsp3) is 0.188. The molecule has 11 heteroatoms. The van der Waals surface area contributed by atoms with E-state index in [1.54, 1.807) is 36.4 Å². The zero-order valence-corrected chi connectivity index (χ0v) is 24.2. The number of anilines is 1. The zero-order chi connectivity index (χ0) is 31.1. The van der Waals surface area contributed by atoms with Crippen molar-refractivity contribution < 1.29 is 23.9 Å². The van der Waals surface area contributed by atoms with Crippen molar-refractivity contribution >= 4 is 29.3 Å². The highest BCUT2D eigenvalue weighted by atomic mass is 16.5. The van der Waals surface area contributed by atoms with Crippen molar-refractivity contribution in [1.82, 2.24) is 15.3 Å². The van der Waals surface area contributed by atoms with E-state index >= 15 is 0 Å². The number of nitrogens with zero attached hydrogens (tertiary/aromatic N) is 2. The van der Waals surface area contributed by atoms with Gasteiger partial charge in [-0.05, 0) is 68.8 Å². The average molecular weight is 581 g/mol. The monoisotopic (exact) mass is 580 g/mol. The maximum Gasteiger partial charge on any atom is 0.357 e. The van der Waals surface area contributed by atoms with Crippen LogP contribution in [-0.2, 0) is 11.3 Å². The third-order valence-corrected chi connectivity index (χ3v) is 6.06. The Morgan fingerprint density at radius 2 is 1.49 bits per heavy atom. The van der Waals surface area contributed by atoms with Gasteiger partial charge in [-0.15, -0.1) is 0 Å². The number of pyridine rings is 2. The Balaban J connectivity index is 1.76. The van der Waals surface area contributed by atoms with E-state index < -0.39 is 23.3 Å². The van der Waals surface area contributed by atoms with Crippen LogP contribution in [0.1, 0.15) is 63.4 Å². The minimum Gasteiger partial charge on any atom is -0.481 e. The van der Waals surface area contributed by atoms with E-state index in [9.17, 15) is 14.4 Å². The summed E-state index contributed by atoms with van der Waals surface area (Å²) >= 11 is 0. The van der Waals surface area contributed by atoms with Crippen molar-refractivity contribution in [2.75, 3.05) is 12.4 Å². The number of esters is 1. The predicted molar refractivity (Wildman–Crippen MR) is 162 cm³/mol. The number of nitrogens with one attached hydrogen (secondary N) is 3. The molecule has 43 heavy (non-hydrogen) atoms. The molecule has 0 aliphatic heterocycles. The zero-order valence-electron chi connectivity index (χ0n) is 24.2. The van der Waals surface area contributed by atoms with E-state index in [2.05, 4.69) is 20.6 Å². The van der Waals surface area contributed by atoms with E-state index in [1.165, 1.54) is 19.2 Å². The molecule has 0 unspecified atom stereocenters. The van der Waals surface area contributed by atoms with Crippen molar-refractivity contribution in [3.05, 3.63) is 107 Å². The second-order valence-electron chi connectivity index (χ2n) is 10.6. The normalized spacial score (nSPS) is 10.9. The lowest BCUT2D eigenvalue weighted by Gasteiger charge is -2.20. The fourth-order valence-corrected chi connectivity index (χ4v) is 4.02. The minimum atomic E-state index is -0.786. The summed E-state index contributed by atoms with van der Waals surface area (Å²) in [7, 11) is 1.42. The highest BCUT2D eigenvalue weighted by Gasteiger charge is 2.26. The summed E-state index contributed by atoms with van der Waals surface area (Å²) in [6.07, 6.45) is 0. The van der Waals surface area contributed by atoms with Crippen LogP contribution in [0.4, 0.5) is 5.69 Å². The number of amides is 2. The van der Waals surface area contributed by atoms with E-state index in [0.29, 0.717) is 11.3 Å². The smallest absolute Gasteiger partial charge is 0.357 e. The number of aromatic nitrogens is 2. The summed E-state index contributed by atoms with van der Waals surface area (Å²) in [4.78, 5) is 48.7. The molecule has 2 aromatic carbocycles. The molecule has 0 saturated carbocycles. The molecule has 220 valence electrons. The predicted octanol–water partition coefficient (Wildman–Crippen LogP) is 4.57. The number of hydrogen-bond donors (Lipinski definition) is 4. The molecule has 11 nitrogen and oxygen atoms in total. The molecule has 4 rings (SSSR count). The van der Waals surface area contributed by atoms with Crippen molar-refractivity contribution in [1.29, 1.82) is 5.41 Å². The summed E-state index contributed by atoms with van der Waals surface area (Å²) in [5.41, 5.74) is 6.96. The standard InChI is InChI=1S/C32H32N6O5/c1-32(2,3)38-29(39)24-16-14-23(27(36-24)31(41)43-18-19-8-6-5-7-9-19)22-15-17-25(42-4)37-26(22)30(40)35-21-12-10-20(11-13-21)28(33)34/h5-17H,18H2,1-4H3,(H3,33,34)(H,35,40)(H,38,39). The van der Waals surface area contributed by atoms with Crippen LogP contribution in [0.5, 0.6) is 5.88 Å². The van der Waals surface area contributed by atoms with Gasteiger partial charge < -0.3 is 25.8 Å². The topological polar surface area (TPSA) is 169 Å². The minimum absolute atomic E-state index is 0.00312. The van der Waals surface area contributed by atoms with Gasteiger partial charge in [0.15, 0.2) is 5.69 Å². The molecule has 4 aromatic rings. The van der Waals surface area contributed by atoms with E-state index in [1.807, 2.05) is 51.1 Å². The van der Waals surface area contributed by atoms with Crippen LogP contribution in [0.25, 0.3) is 11.1 Å². The number of benzene rings is 2. The first-order chi connectivity index (χ1) is 20.4. The molecular formula is C32H32N6O5. The molecule has 0 bridgehead atoms. The Hall–Kier alpha value is -5.58. The molecule has 0 aliphatic carbocycles. The van der Waals surface area contributed by atoms with Gasteiger partial charge in [0.1, 0.15) is 23.8 Å². The average Bonchev–Trinajstić information content (AvgIpc) is 2.99. The van der Waals surface area contributed by atoms with Crippen LogP contribution >= 0.6 is 0 Å². The number of carbonyl (C=O) groups excluding carboxylic acids is 3. The Kier molecular flexibility index (Phi) is 9.14. The highest BCUT2D eigenvalue weighted by Crippen LogP contribution is 2.29. The lowest BCUT2D eigenvalue weighted by Crippen LogP contribution is -2.41. The number of hydrogen-bond acceptors (Lipinski definition) is 8. The largest absolute Gasteiger partial charge is 0.481 e. The van der Waals surface area contributed by atoms with Crippen LogP contribution in [0.3, 0.4) is 0 Å². The van der Waals surface area contributed by atoms with Gasteiger partial charge in [-0.25, -0.2) is 14.8 Å². The molecule has 0 radical (unpaired) electrons.